The van der Waals surface area contributed by atoms with Gasteiger partial charge >= 0.3 is 0 Å². The molecule has 2 aliphatic rings. The number of carbonyl (C=O) groups excluding carboxylic acids is 1. The Morgan fingerprint density at radius 1 is 1.26 bits per heavy atom. The molecule has 2 N–H and O–H groups in total. The Hall–Kier alpha value is -3.01. The van der Waals surface area contributed by atoms with Crippen molar-refractivity contribution in [2.45, 2.75) is 43.7 Å². The Balaban J connectivity index is 1.72. The third-order valence-electron chi connectivity index (χ3n) is 7.52. The molecule has 184 valence electrons. The third-order valence-corrected chi connectivity index (χ3v) is 9.98. The number of aromatic amines is 1. The van der Waals surface area contributed by atoms with Crippen molar-refractivity contribution in [3.05, 3.63) is 71.0 Å². The molecule has 0 radical (unpaired) electrons. The van der Waals surface area contributed by atoms with Crippen LogP contribution in [-0.2, 0) is 15.1 Å². The van der Waals surface area contributed by atoms with Crippen LogP contribution in [0.3, 0.4) is 0 Å². The normalized spacial score (nSPS) is 26.1. The number of nitrogens with one attached hydrogen (secondary N) is 1. The van der Waals surface area contributed by atoms with Crippen LogP contribution in [0.2, 0.25) is 18.6 Å². The zero-order valence-electron chi connectivity index (χ0n) is 20.1. The molecule has 0 aliphatic carbocycles. The monoisotopic (exact) mass is 495 g/mol. The molecule has 0 saturated carbocycles. The fourth-order valence-corrected chi connectivity index (χ4v) is 8.66. The summed E-state index contributed by atoms with van der Waals surface area (Å²) in [5, 5.41) is 13.4. The summed E-state index contributed by atoms with van der Waals surface area (Å²) < 4.78 is 23.6. The van der Waals surface area contributed by atoms with E-state index in [0.717, 1.165) is 0 Å². The van der Waals surface area contributed by atoms with Crippen LogP contribution < -0.4 is 10.5 Å². The fourth-order valence-electron chi connectivity index (χ4n) is 6.12. The molecule has 1 amide bonds. The fraction of sp³-hybridized carbons (Fsp3) is 0.385. The van der Waals surface area contributed by atoms with Gasteiger partial charge in [-0.25, -0.2) is 4.68 Å². The Bertz CT molecular complexity index is 1380. The minimum atomic E-state index is -3.27. The van der Waals surface area contributed by atoms with Gasteiger partial charge in [0.25, 0.3) is 11.5 Å². The Morgan fingerprint density at radius 3 is 2.66 bits per heavy atom. The first-order valence-electron chi connectivity index (χ1n) is 11.9. The van der Waals surface area contributed by atoms with E-state index in [4.69, 9.17) is 4.74 Å². The number of H-pyrrole nitrogens is 1. The van der Waals surface area contributed by atoms with E-state index in [-0.39, 0.29) is 31.0 Å². The SMILES string of the molecule is C=CCN1C(=O)[C@@]2(O[C@@H](CCO)[C@H]([Si](C)(C)F)[C@H]2C)c2cc(-n3[nH]c4ccccc4c3=O)ccc21. The summed E-state index contributed by atoms with van der Waals surface area (Å²) in [6.45, 7) is 9.05. The van der Waals surface area contributed by atoms with Crippen molar-refractivity contribution in [1.82, 2.24) is 9.78 Å². The van der Waals surface area contributed by atoms with Gasteiger partial charge in [0.1, 0.15) is 0 Å². The van der Waals surface area contributed by atoms with Gasteiger partial charge in [0, 0.05) is 30.2 Å². The van der Waals surface area contributed by atoms with E-state index >= 15 is 4.11 Å². The van der Waals surface area contributed by atoms with Crippen LogP contribution in [0.15, 0.2) is 59.9 Å². The minimum Gasteiger partial charge on any atom is -0.396 e. The van der Waals surface area contributed by atoms with Crippen LogP contribution in [0.4, 0.5) is 9.80 Å². The van der Waals surface area contributed by atoms with Crippen LogP contribution >= 0.6 is 0 Å². The molecule has 1 saturated heterocycles. The van der Waals surface area contributed by atoms with Gasteiger partial charge in [-0.05, 0) is 49.8 Å². The van der Waals surface area contributed by atoms with Crippen LogP contribution in [0, 0.1) is 5.92 Å². The summed E-state index contributed by atoms with van der Waals surface area (Å²) in [5.74, 6) is -0.716. The number of hydrogen-bond acceptors (Lipinski definition) is 4. The zero-order valence-corrected chi connectivity index (χ0v) is 21.1. The number of amides is 1. The number of hydrogen-bond donors (Lipinski definition) is 2. The molecular weight excluding hydrogens is 465 g/mol. The van der Waals surface area contributed by atoms with E-state index < -0.39 is 31.6 Å². The molecule has 5 rings (SSSR count). The summed E-state index contributed by atoms with van der Waals surface area (Å²) in [6, 6.07) is 12.6. The predicted molar refractivity (Wildman–Crippen MR) is 136 cm³/mol. The lowest BCUT2D eigenvalue weighted by atomic mass is 9.82. The quantitative estimate of drug-likeness (QED) is 0.307. The first-order valence-corrected chi connectivity index (χ1v) is 14.9. The molecule has 2 aliphatic heterocycles. The van der Waals surface area contributed by atoms with Crippen molar-refractivity contribution in [2.75, 3.05) is 18.1 Å². The second-order valence-corrected chi connectivity index (χ2v) is 13.8. The van der Waals surface area contributed by atoms with Crippen molar-refractivity contribution < 1.29 is 18.7 Å². The maximum atomic E-state index is 15.6. The van der Waals surface area contributed by atoms with Crippen molar-refractivity contribution in [1.29, 1.82) is 0 Å². The number of nitrogens with zero attached hydrogens (tertiary/aromatic N) is 2. The Morgan fingerprint density at radius 2 is 2.00 bits per heavy atom. The molecular formula is C26H30FN3O4Si. The van der Waals surface area contributed by atoms with E-state index in [2.05, 4.69) is 11.7 Å². The number of ether oxygens (including phenoxy) is 1. The van der Waals surface area contributed by atoms with Gasteiger partial charge in [-0.1, -0.05) is 25.1 Å². The Kier molecular flexibility index (Phi) is 5.62. The number of rotatable bonds is 6. The molecule has 9 heteroatoms. The van der Waals surface area contributed by atoms with E-state index in [9.17, 15) is 14.7 Å². The second kappa shape index (κ2) is 8.29. The molecule has 0 unspecified atom stereocenters. The predicted octanol–water partition coefficient (Wildman–Crippen LogP) is 4.01. The van der Waals surface area contributed by atoms with Gasteiger partial charge in [0.15, 0.2) is 5.60 Å². The molecule has 4 atom stereocenters. The number of aromatic nitrogens is 2. The van der Waals surface area contributed by atoms with Crippen LogP contribution in [-0.4, -0.2) is 48.5 Å². The van der Waals surface area contributed by atoms with Gasteiger partial charge in [-0.15, -0.1) is 6.58 Å². The zero-order chi connectivity index (χ0) is 25.1. The van der Waals surface area contributed by atoms with E-state index in [1.807, 2.05) is 25.1 Å². The molecule has 35 heavy (non-hydrogen) atoms. The summed E-state index contributed by atoms with van der Waals surface area (Å²) in [4.78, 5) is 28.7. The van der Waals surface area contributed by atoms with Gasteiger partial charge < -0.3 is 18.9 Å². The molecule has 3 heterocycles. The Labute approximate surface area is 204 Å². The summed E-state index contributed by atoms with van der Waals surface area (Å²) in [5.41, 5.74) is 0.471. The third kappa shape index (κ3) is 3.36. The highest BCUT2D eigenvalue weighted by Crippen LogP contribution is 2.60. The molecule has 1 aromatic heterocycles. The minimum absolute atomic E-state index is 0.156. The number of carbonyl (C=O) groups is 1. The smallest absolute Gasteiger partial charge is 0.279 e. The number of anilines is 1. The largest absolute Gasteiger partial charge is 0.396 e. The molecule has 7 nitrogen and oxygen atoms in total. The molecule has 1 spiro atoms. The summed E-state index contributed by atoms with van der Waals surface area (Å²) in [7, 11) is -3.27. The van der Waals surface area contributed by atoms with Crippen LogP contribution in [0.25, 0.3) is 16.6 Å². The van der Waals surface area contributed by atoms with Crippen LogP contribution in [0.1, 0.15) is 18.9 Å². The highest BCUT2D eigenvalue weighted by atomic mass is 28.4. The number of aliphatic hydroxyl groups excluding tert-OH is 1. The highest BCUT2D eigenvalue weighted by molar-refractivity contribution is 6.72. The molecule has 2 aromatic carbocycles. The lowest BCUT2D eigenvalue weighted by Crippen LogP contribution is -2.45. The van der Waals surface area contributed by atoms with E-state index in [1.165, 1.54) is 4.68 Å². The van der Waals surface area contributed by atoms with Crippen molar-refractivity contribution >= 4 is 30.9 Å². The maximum absolute atomic E-state index is 15.6. The molecule has 0 bridgehead atoms. The van der Waals surface area contributed by atoms with Gasteiger partial charge in [0.2, 0.25) is 8.41 Å². The number of para-hydroxylation sites is 1. The van der Waals surface area contributed by atoms with Crippen molar-refractivity contribution in [3.8, 4) is 5.69 Å². The van der Waals surface area contributed by atoms with E-state index in [1.54, 1.807) is 48.3 Å². The lowest BCUT2D eigenvalue weighted by molar-refractivity contribution is -0.146. The van der Waals surface area contributed by atoms with Crippen molar-refractivity contribution in [2.24, 2.45) is 5.92 Å². The van der Waals surface area contributed by atoms with Gasteiger partial charge in [-0.3, -0.25) is 14.7 Å². The van der Waals surface area contributed by atoms with Gasteiger partial charge in [-0.2, -0.15) is 0 Å². The average molecular weight is 496 g/mol. The van der Waals surface area contributed by atoms with Crippen LogP contribution in [0.5, 0.6) is 0 Å². The summed E-state index contributed by atoms with van der Waals surface area (Å²) >= 11 is 0. The number of fused-ring (bicyclic) bond motifs is 3. The van der Waals surface area contributed by atoms with E-state index in [0.29, 0.717) is 27.8 Å². The summed E-state index contributed by atoms with van der Waals surface area (Å²) in [6.07, 6.45) is 1.32. The highest BCUT2D eigenvalue weighted by Gasteiger charge is 2.66. The first-order chi connectivity index (χ1) is 16.6. The molecule has 3 aromatic rings. The maximum Gasteiger partial charge on any atom is 0.279 e. The standard InChI is InChI=1S/C26H30FN3O4Si/c1-5-13-29-21-11-10-17(30-24(32)18-8-6-7-9-20(18)28-30)15-19(21)26(25(29)33)16(2)23(35(3,4)27)22(34-26)12-14-31/h5-11,15-16,22-23,28,31H,1,12-14H2,2-4H3/t16-,22+,23-,26+/m1/s1. The first kappa shape index (κ1) is 23.7. The van der Waals surface area contributed by atoms with Gasteiger partial charge in [0.05, 0.1) is 28.4 Å². The molecule has 1 fully saturated rings. The number of aliphatic hydroxyl groups is 1. The lowest BCUT2D eigenvalue weighted by Gasteiger charge is -2.31. The number of halogens is 1. The van der Waals surface area contributed by atoms with Crippen molar-refractivity contribution in [3.63, 3.8) is 0 Å². The second-order valence-electron chi connectivity index (χ2n) is 9.99. The average Bonchev–Trinajstić information content (AvgIpc) is 3.39. The number of benzene rings is 2. The topological polar surface area (TPSA) is 87.6 Å².